The Hall–Kier alpha value is -1.09. The molecule has 2 heterocycles. The Labute approximate surface area is 123 Å². The van der Waals surface area contributed by atoms with E-state index in [0.29, 0.717) is 6.54 Å². The van der Waals surface area contributed by atoms with Gasteiger partial charge in [0.2, 0.25) is 0 Å². The average Bonchev–Trinajstić information content (AvgIpc) is 2.64. The Morgan fingerprint density at radius 2 is 2.10 bits per heavy atom. The molecular weight excluding hydrogens is 246 g/mol. The lowest BCUT2D eigenvalue weighted by molar-refractivity contribution is 0.435. The van der Waals surface area contributed by atoms with Gasteiger partial charge in [-0.3, -0.25) is 4.98 Å². The van der Waals surface area contributed by atoms with Crippen molar-refractivity contribution in [3.8, 4) is 0 Å². The number of anilines is 1. The van der Waals surface area contributed by atoms with Gasteiger partial charge in [0.05, 0.1) is 0 Å². The Balaban J connectivity index is 2.19. The van der Waals surface area contributed by atoms with Crippen LogP contribution in [0.1, 0.15) is 56.0 Å². The molecule has 1 aliphatic heterocycles. The highest BCUT2D eigenvalue weighted by molar-refractivity contribution is 5.56. The summed E-state index contributed by atoms with van der Waals surface area (Å²) in [5.41, 5.74) is 10.7. The monoisotopic (exact) mass is 275 g/mol. The topological polar surface area (TPSA) is 42.2 Å². The van der Waals surface area contributed by atoms with Crippen molar-refractivity contribution in [3.05, 3.63) is 23.0 Å². The minimum Gasteiger partial charge on any atom is -0.371 e. The maximum Gasteiger partial charge on any atom is 0.0448 e. The largest absolute Gasteiger partial charge is 0.371 e. The Morgan fingerprint density at radius 1 is 1.30 bits per heavy atom. The molecule has 2 rings (SSSR count). The first kappa shape index (κ1) is 15.3. The number of nitrogens with two attached hydrogens (primary N) is 1. The van der Waals surface area contributed by atoms with Crippen molar-refractivity contribution in [1.82, 2.24) is 4.98 Å². The molecule has 20 heavy (non-hydrogen) atoms. The third-order valence-corrected chi connectivity index (χ3v) is 4.52. The number of hydrogen-bond acceptors (Lipinski definition) is 3. The van der Waals surface area contributed by atoms with Gasteiger partial charge in [0.1, 0.15) is 0 Å². The molecule has 0 amide bonds. The molecular formula is C17H29N3. The predicted octanol–water partition coefficient (Wildman–Crippen LogP) is 3.56. The quantitative estimate of drug-likeness (QED) is 0.913. The van der Waals surface area contributed by atoms with Crippen molar-refractivity contribution in [2.45, 2.75) is 59.4 Å². The molecule has 112 valence electrons. The number of pyridine rings is 1. The highest BCUT2D eigenvalue weighted by atomic mass is 15.1. The van der Waals surface area contributed by atoms with Crippen molar-refractivity contribution in [3.63, 3.8) is 0 Å². The molecule has 0 aromatic carbocycles. The Kier molecular flexibility index (Phi) is 5.41. The van der Waals surface area contributed by atoms with E-state index in [1.165, 1.54) is 49.9 Å². The molecule has 1 unspecified atom stereocenters. The lowest BCUT2D eigenvalue weighted by Gasteiger charge is -2.26. The van der Waals surface area contributed by atoms with Gasteiger partial charge in [-0.2, -0.15) is 0 Å². The second kappa shape index (κ2) is 7.07. The first-order valence-electron chi connectivity index (χ1n) is 8.07. The first-order chi connectivity index (χ1) is 9.65. The van der Waals surface area contributed by atoms with E-state index in [2.05, 4.69) is 36.7 Å². The molecule has 1 aromatic rings. The van der Waals surface area contributed by atoms with Crippen molar-refractivity contribution in [2.75, 3.05) is 18.0 Å². The predicted molar refractivity (Wildman–Crippen MR) is 86.1 cm³/mol. The molecule has 3 heteroatoms. The van der Waals surface area contributed by atoms with Crippen LogP contribution in [0.2, 0.25) is 0 Å². The third-order valence-electron chi connectivity index (χ3n) is 4.52. The molecule has 0 aliphatic carbocycles. The molecule has 3 nitrogen and oxygen atoms in total. The fourth-order valence-corrected chi connectivity index (χ4v) is 3.47. The summed E-state index contributed by atoms with van der Waals surface area (Å²) < 4.78 is 0. The maximum atomic E-state index is 5.96. The summed E-state index contributed by atoms with van der Waals surface area (Å²) in [7, 11) is 0. The van der Waals surface area contributed by atoms with Gasteiger partial charge >= 0.3 is 0 Å². The second-order valence-electron chi connectivity index (χ2n) is 6.12. The van der Waals surface area contributed by atoms with E-state index in [4.69, 9.17) is 5.73 Å². The summed E-state index contributed by atoms with van der Waals surface area (Å²) >= 11 is 0. The van der Waals surface area contributed by atoms with E-state index >= 15 is 0 Å². The molecule has 0 spiro atoms. The minimum absolute atomic E-state index is 0.587. The molecule has 1 atom stereocenters. The summed E-state index contributed by atoms with van der Waals surface area (Å²) in [6, 6.07) is 2.22. The molecule has 0 radical (unpaired) electrons. The van der Waals surface area contributed by atoms with Crippen LogP contribution in [0.3, 0.4) is 0 Å². The smallest absolute Gasteiger partial charge is 0.0448 e. The van der Waals surface area contributed by atoms with Gasteiger partial charge in [0.15, 0.2) is 0 Å². The van der Waals surface area contributed by atoms with E-state index in [9.17, 15) is 0 Å². The fourth-order valence-electron chi connectivity index (χ4n) is 3.47. The van der Waals surface area contributed by atoms with Crippen LogP contribution in [0.4, 0.5) is 5.69 Å². The van der Waals surface area contributed by atoms with Crippen molar-refractivity contribution >= 4 is 5.69 Å². The Morgan fingerprint density at radius 3 is 2.80 bits per heavy atom. The van der Waals surface area contributed by atoms with Crippen molar-refractivity contribution in [1.29, 1.82) is 0 Å². The van der Waals surface area contributed by atoms with Crippen LogP contribution in [0.15, 0.2) is 6.07 Å². The zero-order valence-electron chi connectivity index (χ0n) is 13.3. The van der Waals surface area contributed by atoms with Gasteiger partial charge in [0, 0.05) is 42.3 Å². The van der Waals surface area contributed by atoms with Crippen molar-refractivity contribution < 1.29 is 0 Å². The lowest BCUT2D eigenvalue weighted by atomic mass is 9.96. The minimum atomic E-state index is 0.587. The first-order valence-corrected chi connectivity index (χ1v) is 8.07. The normalized spacial score (nSPS) is 20.0. The third kappa shape index (κ3) is 3.51. The summed E-state index contributed by atoms with van der Waals surface area (Å²) in [5, 5.41) is 0. The molecule has 0 bridgehead atoms. The summed E-state index contributed by atoms with van der Waals surface area (Å²) in [6.45, 7) is 9.37. The van der Waals surface area contributed by atoms with Crippen LogP contribution in [-0.4, -0.2) is 18.1 Å². The number of rotatable bonds is 4. The standard InChI is InChI=1S/C17H29N3/c1-4-6-15-7-5-9-20(10-8-15)17-11-13(2)19-14(3)16(17)12-18/h11,15H,4-10,12,18H2,1-3H3. The number of aromatic nitrogens is 1. The summed E-state index contributed by atoms with van der Waals surface area (Å²) in [5.74, 6) is 0.912. The molecule has 1 saturated heterocycles. The van der Waals surface area contributed by atoms with Crippen LogP contribution in [-0.2, 0) is 6.54 Å². The van der Waals surface area contributed by atoms with Crippen LogP contribution < -0.4 is 10.6 Å². The van der Waals surface area contributed by atoms with E-state index in [0.717, 1.165) is 23.9 Å². The van der Waals surface area contributed by atoms with Crippen LogP contribution >= 0.6 is 0 Å². The van der Waals surface area contributed by atoms with Gasteiger partial charge < -0.3 is 10.6 Å². The van der Waals surface area contributed by atoms with E-state index in [1.807, 2.05) is 0 Å². The molecule has 1 fully saturated rings. The van der Waals surface area contributed by atoms with Crippen LogP contribution in [0.25, 0.3) is 0 Å². The number of nitrogens with zero attached hydrogens (tertiary/aromatic N) is 2. The number of aryl methyl sites for hydroxylation is 2. The highest BCUT2D eigenvalue weighted by Gasteiger charge is 2.19. The van der Waals surface area contributed by atoms with Gasteiger partial charge in [-0.25, -0.2) is 0 Å². The van der Waals surface area contributed by atoms with Crippen LogP contribution in [0, 0.1) is 19.8 Å². The lowest BCUT2D eigenvalue weighted by Crippen LogP contribution is -2.26. The van der Waals surface area contributed by atoms with E-state index in [-0.39, 0.29) is 0 Å². The second-order valence-corrected chi connectivity index (χ2v) is 6.12. The zero-order valence-corrected chi connectivity index (χ0v) is 13.3. The van der Waals surface area contributed by atoms with Gasteiger partial charge in [-0.1, -0.05) is 19.8 Å². The van der Waals surface area contributed by atoms with E-state index in [1.54, 1.807) is 0 Å². The van der Waals surface area contributed by atoms with Crippen LogP contribution in [0.5, 0.6) is 0 Å². The summed E-state index contributed by atoms with van der Waals surface area (Å²) in [4.78, 5) is 7.10. The van der Waals surface area contributed by atoms with E-state index < -0.39 is 0 Å². The molecule has 1 aromatic heterocycles. The molecule has 1 aliphatic rings. The fraction of sp³-hybridized carbons (Fsp3) is 0.706. The van der Waals surface area contributed by atoms with Gasteiger partial charge in [0.25, 0.3) is 0 Å². The SMILES string of the molecule is CCCC1CCCN(c2cc(C)nc(C)c2CN)CC1. The summed E-state index contributed by atoms with van der Waals surface area (Å²) in [6.07, 6.45) is 6.69. The average molecular weight is 275 g/mol. The zero-order chi connectivity index (χ0) is 14.5. The van der Waals surface area contributed by atoms with Gasteiger partial charge in [-0.05, 0) is 45.1 Å². The Bertz CT molecular complexity index is 442. The maximum absolute atomic E-state index is 5.96. The highest BCUT2D eigenvalue weighted by Crippen LogP contribution is 2.29. The molecule has 2 N–H and O–H groups in total. The molecule has 0 saturated carbocycles. The van der Waals surface area contributed by atoms with Crippen molar-refractivity contribution in [2.24, 2.45) is 11.7 Å². The number of hydrogen-bond donors (Lipinski definition) is 1. The van der Waals surface area contributed by atoms with Gasteiger partial charge in [-0.15, -0.1) is 0 Å².